The number of aromatic amines is 1. The maximum atomic E-state index is 4.30. The van der Waals surface area contributed by atoms with E-state index in [1.807, 2.05) is 0 Å². The van der Waals surface area contributed by atoms with Crippen molar-refractivity contribution in [1.29, 1.82) is 0 Å². The summed E-state index contributed by atoms with van der Waals surface area (Å²) in [6.45, 7) is 2.11. The number of hydrogen-bond donors (Lipinski definition) is 1. The van der Waals surface area contributed by atoms with Gasteiger partial charge in [0.05, 0.1) is 11.6 Å². The van der Waals surface area contributed by atoms with Crippen molar-refractivity contribution in [2.24, 2.45) is 0 Å². The topological polar surface area (TPSA) is 54.5 Å². The summed E-state index contributed by atoms with van der Waals surface area (Å²) in [5, 5.41) is 7.66. The van der Waals surface area contributed by atoms with Gasteiger partial charge in [0.25, 0.3) is 0 Å². The molecule has 4 nitrogen and oxygen atoms in total. The van der Waals surface area contributed by atoms with E-state index < -0.39 is 0 Å². The van der Waals surface area contributed by atoms with E-state index in [0.29, 0.717) is 0 Å². The lowest BCUT2D eigenvalue weighted by molar-refractivity contribution is 0.841. The average molecular weight is 162 g/mol. The van der Waals surface area contributed by atoms with E-state index in [9.17, 15) is 0 Å². The van der Waals surface area contributed by atoms with Crippen molar-refractivity contribution in [2.75, 3.05) is 0 Å². The smallest absolute Gasteiger partial charge is 0.158 e. The van der Waals surface area contributed by atoms with Crippen LogP contribution in [0.4, 0.5) is 0 Å². The van der Waals surface area contributed by atoms with Gasteiger partial charge in [-0.05, 0) is 6.42 Å². The second kappa shape index (κ2) is 2.89. The molecular weight excluding hydrogens is 152 g/mol. The number of aromatic nitrogens is 4. The van der Waals surface area contributed by atoms with Crippen molar-refractivity contribution >= 4 is 11.0 Å². The molecule has 2 rings (SSSR count). The first-order chi connectivity index (χ1) is 5.90. The van der Waals surface area contributed by atoms with Gasteiger partial charge >= 0.3 is 0 Å². The fourth-order valence-corrected chi connectivity index (χ4v) is 1.12. The molecule has 0 aliphatic heterocycles. The second-order valence-corrected chi connectivity index (χ2v) is 2.71. The third kappa shape index (κ3) is 1.15. The van der Waals surface area contributed by atoms with Crippen molar-refractivity contribution < 1.29 is 0 Å². The Morgan fingerprint density at radius 2 is 2.33 bits per heavy atom. The highest BCUT2D eigenvalue weighted by Crippen LogP contribution is 2.06. The van der Waals surface area contributed by atoms with Gasteiger partial charge in [-0.2, -0.15) is 5.10 Å². The van der Waals surface area contributed by atoms with E-state index in [1.165, 1.54) is 0 Å². The number of nitrogens with zero attached hydrogens (tertiary/aromatic N) is 3. The summed E-state index contributed by atoms with van der Waals surface area (Å²) in [5.41, 5.74) is 0.827. The number of H-pyrrole nitrogens is 1. The maximum absolute atomic E-state index is 4.30. The molecule has 0 atom stereocenters. The third-order valence-electron chi connectivity index (χ3n) is 1.71. The summed E-state index contributed by atoms with van der Waals surface area (Å²) < 4.78 is 0. The highest BCUT2D eigenvalue weighted by molar-refractivity contribution is 5.72. The maximum Gasteiger partial charge on any atom is 0.158 e. The number of aryl methyl sites for hydroxylation is 1. The molecule has 2 heterocycles. The molecule has 0 bridgehead atoms. The van der Waals surface area contributed by atoms with Gasteiger partial charge in [-0.3, -0.25) is 5.10 Å². The van der Waals surface area contributed by atoms with Crippen LogP contribution in [0.3, 0.4) is 0 Å². The Bertz CT molecular complexity index is 379. The molecule has 2 aromatic rings. The SMILES string of the molecule is CCCc1ncc2cn[nH]c2n1. The number of hydrogen-bond acceptors (Lipinski definition) is 3. The highest BCUT2D eigenvalue weighted by atomic mass is 15.1. The Morgan fingerprint density at radius 3 is 3.17 bits per heavy atom. The lowest BCUT2D eigenvalue weighted by Gasteiger charge is -1.94. The predicted octanol–water partition coefficient (Wildman–Crippen LogP) is 1.31. The van der Waals surface area contributed by atoms with Crippen LogP contribution in [0.25, 0.3) is 11.0 Å². The van der Waals surface area contributed by atoms with E-state index in [4.69, 9.17) is 0 Å². The van der Waals surface area contributed by atoms with Crippen LogP contribution in [0.15, 0.2) is 12.4 Å². The van der Waals surface area contributed by atoms with Gasteiger partial charge in [0.2, 0.25) is 0 Å². The van der Waals surface area contributed by atoms with Gasteiger partial charge in [0.15, 0.2) is 5.65 Å². The van der Waals surface area contributed by atoms with Gasteiger partial charge in [0, 0.05) is 12.6 Å². The predicted molar refractivity (Wildman–Crippen MR) is 45.7 cm³/mol. The van der Waals surface area contributed by atoms with Crippen molar-refractivity contribution in [1.82, 2.24) is 20.2 Å². The average Bonchev–Trinajstić information content (AvgIpc) is 2.51. The van der Waals surface area contributed by atoms with Crippen molar-refractivity contribution in [2.45, 2.75) is 19.8 Å². The summed E-state index contributed by atoms with van der Waals surface area (Å²) in [7, 11) is 0. The summed E-state index contributed by atoms with van der Waals surface area (Å²) in [6.07, 6.45) is 5.52. The van der Waals surface area contributed by atoms with E-state index >= 15 is 0 Å². The molecule has 0 aliphatic rings. The summed E-state index contributed by atoms with van der Waals surface area (Å²) in [6, 6.07) is 0. The molecule has 2 aromatic heterocycles. The van der Waals surface area contributed by atoms with Crippen LogP contribution in [0.2, 0.25) is 0 Å². The molecule has 0 radical (unpaired) electrons. The molecule has 1 N–H and O–H groups in total. The fourth-order valence-electron chi connectivity index (χ4n) is 1.12. The van der Waals surface area contributed by atoms with Gasteiger partial charge < -0.3 is 0 Å². The molecule has 0 unspecified atom stereocenters. The summed E-state index contributed by atoms with van der Waals surface area (Å²) in [4.78, 5) is 8.49. The lowest BCUT2D eigenvalue weighted by atomic mass is 10.3. The van der Waals surface area contributed by atoms with Gasteiger partial charge in [-0.1, -0.05) is 6.92 Å². The lowest BCUT2D eigenvalue weighted by Crippen LogP contribution is -1.93. The Kier molecular flexibility index (Phi) is 1.74. The molecule has 0 aromatic carbocycles. The molecule has 0 amide bonds. The second-order valence-electron chi connectivity index (χ2n) is 2.71. The number of rotatable bonds is 2. The van der Waals surface area contributed by atoms with Crippen LogP contribution >= 0.6 is 0 Å². The van der Waals surface area contributed by atoms with Crippen LogP contribution in [0.1, 0.15) is 19.2 Å². The van der Waals surface area contributed by atoms with Crippen LogP contribution in [-0.2, 0) is 6.42 Å². The van der Waals surface area contributed by atoms with Gasteiger partial charge in [-0.25, -0.2) is 9.97 Å². The Morgan fingerprint density at radius 1 is 1.42 bits per heavy atom. The number of nitrogens with one attached hydrogen (secondary N) is 1. The zero-order chi connectivity index (χ0) is 8.39. The Balaban J connectivity index is 2.46. The molecular formula is C8H10N4. The van der Waals surface area contributed by atoms with Crippen molar-refractivity contribution in [3.63, 3.8) is 0 Å². The minimum atomic E-state index is 0.827. The minimum Gasteiger partial charge on any atom is -0.261 e. The Hall–Kier alpha value is -1.45. The van der Waals surface area contributed by atoms with E-state index in [-0.39, 0.29) is 0 Å². The third-order valence-corrected chi connectivity index (χ3v) is 1.71. The van der Waals surface area contributed by atoms with E-state index in [0.717, 1.165) is 29.7 Å². The molecule has 0 aliphatic carbocycles. The zero-order valence-electron chi connectivity index (χ0n) is 6.91. The normalized spacial score (nSPS) is 10.8. The van der Waals surface area contributed by atoms with E-state index in [2.05, 4.69) is 27.1 Å². The van der Waals surface area contributed by atoms with Crippen molar-refractivity contribution in [3.05, 3.63) is 18.2 Å². The molecule has 62 valence electrons. The highest BCUT2D eigenvalue weighted by Gasteiger charge is 1.99. The first-order valence-corrected chi connectivity index (χ1v) is 4.05. The minimum absolute atomic E-state index is 0.827. The quantitative estimate of drug-likeness (QED) is 0.724. The van der Waals surface area contributed by atoms with E-state index in [1.54, 1.807) is 12.4 Å². The molecule has 0 fully saturated rings. The zero-order valence-corrected chi connectivity index (χ0v) is 6.91. The standard InChI is InChI=1S/C8H10N4/c1-2-3-7-9-4-6-5-10-12-8(6)11-7/h4-5H,2-3H2,1H3,(H,9,10,11,12). The molecule has 0 spiro atoms. The summed E-state index contributed by atoms with van der Waals surface area (Å²) in [5.74, 6) is 0.884. The van der Waals surface area contributed by atoms with Crippen LogP contribution in [0, 0.1) is 0 Å². The van der Waals surface area contributed by atoms with Crippen molar-refractivity contribution in [3.8, 4) is 0 Å². The monoisotopic (exact) mass is 162 g/mol. The largest absolute Gasteiger partial charge is 0.261 e. The van der Waals surface area contributed by atoms with Crippen LogP contribution < -0.4 is 0 Å². The molecule has 0 saturated heterocycles. The Labute approximate surface area is 70.0 Å². The van der Waals surface area contributed by atoms with Crippen LogP contribution in [0.5, 0.6) is 0 Å². The van der Waals surface area contributed by atoms with Gasteiger partial charge in [0.1, 0.15) is 5.82 Å². The fraction of sp³-hybridized carbons (Fsp3) is 0.375. The molecule has 12 heavy (non-hydrogen) atoms. The number of fused-ring (bicyclic) bond motifs is 1. The first-order valence-electron chi connectivity index (χ1n) is 4.05. The van der Waals surface area contributed by atoms with Gasteiger partial charge in [-0.15, -0.1) is 0 Å². The molecule has 4 heteroatoms. The first kappa shape index (κ1) is 7.21. The summed E-state index contributed by atoms with van der Waals surface area (Å²) >= 11 is 0. The van der Waals surface area contributed by atoms with Crippen LogP contribution in [-0.4, -0.2) is 20.2 Å². The molecule has 0 saturated carbocycles.